The number of nitrogens with one attached hydrogen (secondary N) is 2. The molecule has 2 heterocycles. The third kappa shape index (κ3) is 9.42. The van der Waals surface area contributed by atoms with Crippen LogP contribution in [0.5, 0.6) is 0 Å². The van der Waals surface area contributed by atoms with Crippen molar-refractivity contribution in [2.75, 3.05) is 10.6 Å². The van der Waals surface area contributed by atoms with Gasteiger partial charge in [0.2, 0.25) is 0 Å². The molecule has 4 aliphatic carbocycles. The van der Waals surface area contributed by atoms with Gasteiger partial charge in [0.15, 0.2) is 0 Å². The molecule has 0 bridgehead atoms. The highest BCUT2D eigenvalue weighted by Gasteiger charge is 2.48. The lowest BCUT2D eigenvalue weighted by Crippen LogP contribution is -2.42. The Balaban J connectivity index is 0.000000166. The van der Waals surface area contributed by atoms with E-state index in [-0.39, 0.29) is 22.6 Å². The number of carbonyl (C=O) groups excluding carboxylic acids is 4. The fourth-order valence-corrected chi connectivity index (χ4v) is 11.9. The van der Waals surface area contributed by atoms with Crippen LogP contribution in [0.4, 0.5) is 11.4 Å². The van der Waals surface area contributed by atoms with Crippen LogP contribution < -0.4 is 10.6 Å². The van der Waals surface area contributed by atoms with Crippen molar-refractivity contribution >= 4 is 34.8 Å². The van der Waals surface area contributed by atoms with E-state index in [0.29, 0.717) is 60.2 Å². The fraction of sp³-hybridized carbons (Fsp3) is 0.345. The molecule has 336 valence electrons. The van der Waals surface area contributed by atoms with Crippen LogP contribution in [0, 0.1) is 25.7 Å². The smallest absolute Gasteiger partial charge is 0.255 e. The van der Waals surface area contributed by atoms with E-state index in [0.717, 1.165) is 87.0 Å². The molecule has 8 heteroatoms. The quantitative estimate of drug-likeness (QED) is 0.157. The van der Waals surface area contributed by atoms with E-state index in [1.165, 1.54) is 33.4 Å². The molecular weight excluding hydrogens is 817 g/mol. The standard InChI is InChI=1S/2C29H30N2O2/c2*1-20-27(11-6-16-30-20)31-28(33)23-12-13-26-22(17-23)9-5-10-24-18-25(32)14-15-29(24,26)19-21-7-3-2-4-8-21/h2*2-4,6-8,11-13,16-17,24H,5,9-10,14-15,18-19H2,1H3,(H,31,33)/t2*24-,29-/m10/s1. The summed E-state index contributed by atoms with van der Waals surface area (Å²) in [6, 6.07) is 41.2. The third-order valence-electron chi connectivity index (χ3n) is 15.3. The number of benzene rings is 4. The van der Waals surface area contributed by atoms with Crippen LogP contribution >= 0.6 is 0 Å². The maximum atomic E-state index is 13.1. The molecule has 0 radical (unpaired) electrons. The minimum absolute atomic E-state index is 0.0456. The topological polar surface area (TPSA) is 118 Å². The summed E-state index contributed by atoms with van der Waals surface area (Å²) >= 11 is 0. The van der Waals surface area contributed by atoms with Gasteiger partial charge in [-0.3, -0.25) is 29.1 Å². The minimum Gasteiger partial charge on any atom is -0.320 e. The predicted molar refractivity (Wildman–Crippen MR) is 261 cm³/mol. The van der Waals surface area contributed by atoms with Crippen molar-refractivity contribution in [1.29, 1.82) is 0 Å². The van der Waals surface area contributed by atoms with Crippen molar-refractivity contribution < 1.29 is 19.2 Å². The Morgan fingerprint density at radius 1 is 0.545 bits per heavy atom. The third-order valence-corrected chi connectivity index (χ3v) is 15.3. The van der Waals surface area contributed by atoms with Gasteiger partial charge in [0.05, 0.1) is 22.8 Å². The van der Waals surface area contributed by atoms with Crippen LogP contribution in [0.25, 0.3) is 0 Å². The van der Waals surface area contributed by atoms with Crippen LogP contribution in [0.1, 0.15) is 130 Å². The highest BCUT2D eigenvalue weighted by Crippen LogP contribution is 2.52. The van der Waals surface area contributed by atoms with Gasteiger partial charge in [-0.25, -0.2) is 0 Å². The monoisotopic (exact) mass is 876 g/mol. The van der Waals surface area contributed by atoms with E-state index in [9.17, 15) is 19.2 Å². The number of fused-ring (bicyclic) bond motifs is 6. The second-order valence-corrected chi connectivity index (χ2v) is 19.2. The normalized spacial score (nSPS) is 22.1. The van der Waals surface area contributed by atoms with Gasteiger partial charge >= 0.3 is 0 Å². The SMILES string of the molecule is Cc1ncccc1NC(=O)c1ccc2c(c1)CCC[C@@H]1CC(=O)CC[C@]21Cc1ccccc1.Cc1ncccc1NC(=O)c1ccc2c(c1)CCC[C@H]1CC(=O)CC[C@@]21Cc1ccccc1. The number of hydrogen-bond acceptors (Lipinski definition) is 6. The second kappa shape index (κ2) is 19.5. The van der Waals surface area contributed by atoms with Gasteiger partial charge in [0.25, 0.3) is 11.8 Å². The molecule has 2 fully saturated rings. The molecule has 0 aliphatic heterocycles. The summed E-state index contributed by atoms with van der Waals surface area (Å²) in [5, 5.41) is 6.03. The van der Waals surface area contributed by atoms with Crippen LogP contribution in [0.3, 0.4) is 0 Å². The number of rotatable bonds is 8. The van der Waals surface area contributed by atoms with Crippen molar-refractivity contribution in [3.63, 3.8) is 0 Å². The fourth-order valence-electron chi connectivity index (χ4n) is 11.9. The van der Waals surface area contributed by atoms with Crippen molar-refractivity contribution in [2.45, 2.75) is 115 Å². The second-order valence-electron chi connectivity index (χ2n) is 19.2. The molecule has 0 unspecified atom stereocenters. The summed E-state index contributed by atoms with van der Waals surface area (Å²) in [6.07, 6.45) is 15.9. The molecule has 2 saturated carbocycles. The molecule has 8 nitrogen and oxygen atoms in total. The highest BCUT2D eigenvalue weighted by molar-refractivity contribution is 6.05. The van der Waals surface area contributed by atoms with Crippen molar-refractivity contribution in [2.24, 2.45) is 11.8 Å². The lowest BCUT2D eigenvalue weighted by Gasteiger charge is -2.44. The summed E-state index contributed by atoms with van der Waals surface area (Å²) in [4.78, 5) is 59.5. The number of nitrogens with zero attached hydrogens (tertiary/aromatic N) is 2. The Morgan fingerprint density at radius 2 is 0.970 bits per heavy atom. The van der Waals surface area contributed by atoms with Crippen molar-refractivity contribution in [3.05, 3.63) is 190 Å². The number of hydrogen-bond donors (Lipinski definition) is 2. The van der Waals surface area contributed by atoms with Crippen LogP contribution in [0.2, 0.25) is 0 Å². The Morgan fingerprint density at radius 3 is 1.38 bits per heavy atom. The molecule has 2 N–H and O–H groups in total. The summed E-state index contributed by atoms with van der Waals surface area (Å²) in [6.45, 7) is 3.79. The van der Waals surface area contributed by atoms with Crippen LogP contribution in [-0.4, -0.2) is 33.3 Å². The van der Waals surface area contributed by atoms with Gasteiger partial charge in [0.1, 0.15) is 11.6 Å². The van der Waals surface area contributed by atoms with Gasteiger partial charge in [-0.15, -0.1) is 0 Å². The number of aryl methyl sites for hydroxylation is 4. The molecule has 4 aromatic carbocycles. The molecule has 2 aromatic heterocycles. The van der Waals surface area contributed by atoms with E-state index in [4.69, 9.17) is 0 Å². The minimum atomic E-state index is -0.106. The van der Waals surface area contributed by atoms with E-state index >= 15 is 0 Å². The van der Waals surface area contributed by atoms with Crippen molar-refractivity contribution in [3.8, 4) is 0 Å². The summed E-state index contributed by atoms with van der Waals surface area (Å²) in [7, 11) is 0. The Labute approximate surface area is 389 Å². The van der Waals surface area contributed by atoms with Crippen molar-refractivity contribution in [1.82, 2.24) is 9.97 Å². The number of anilines is 2. The first-order valence-electron chi connectivity index (χ1n) is 23.9. The Hall–Kier alpha value is -6.54. The number of carbonyl (C=O) groups is 4. The van der Waals surface area contributed by atoms with E-state index < -0.39 is 0 Å². The Bertz CT molecular complexity index is 2560. The maximum Gasteiger partial charge on any atom is 0.255 e. The summed E-state index contributed by atoms with van der Waals surface area (Å²) in [5.74, 6) is 1.30. The maximum absolute atomic E-state index is 13.1. The lowest BCUT2D eigenvalue weighted by molar-refractivity contribution is -0.124. The van der Waals surface area contributed by atoms with Gasteiger partial charge in [-0.2, -0.15) is 0 Å². The van der Waals surface area contributed by atoms with Gasteiger partial charge in [-0.1, -0.05) is 72.8 Å². The zero-order valence-corrected chi connectivity index (χ0v) is 38.3. The average molecular weight is 877 g/mol. The molecule has 0 saturated heterocycles. The van der Waals surface area contributed by atoms with E-state index in [1.807, 2.05) is 50.2 Å². The van der Waals surface area contributed by atoms with Crippen LogP contribution in [-0.2, 0) is 46.1 Å². The number of Topliss-reactive ketones (excluding diaryl/α,β-unsaturated/α-hetero) is 2. The molecular formula is C58H60N4O4. The lowest BCUT2D eigenvalue weighted by atomic mass is 9.59. The number of aromatic nitrogens is 2. The molecule has 10 rings (SSSR count). The number of ketones is 2. The average Bonchev–Trinajstić information content (AvgIpc) is 3.58. The molecule has 0 spiro atoms. The molecule has 66 heavy (non-hydrogen) atoms. The first kappa shape index (κ1) is 44.7. The predicted octanol–water partition coefficient (Wildman–Crippen LogP) is 11.7. The zero-order chi connectivity index (χ0) is 45.7. The molecule has 6 aromatic rings. The molecule has 2 amide bonds. The highest BCUT2D eigenvalue weighted by atomic mass is 16.2. The van der Waals surface area contributed by atoms with E-state index in [1.54, 1.807) is 12.4 Å². The Kier molecular flexibility index (Phi) is 13.2. The summed E-state index contributed by atoms with van der Waals surface area (Å²) < 4.78 is 0. The van der Waals surface area contributed by atoms with Gasteiger partial charge in [0, 0.05) is 60.0 Å². The first-order valence-corrected chi connectivity index (χ1v) is 23.9. The van der Waals surface area contributed by atoms with Crippen LogP contribution in [0.15, 0.2) is 134 Å². The zero-order valence-electron chi connectivity index (χ0n) is 38.3. The first-order chi connectivity index (χ1) is 32.1. The van der Waals surface area contributed by atoms with E-state index in [2.05, 4.69) is 106 Å². The molecule has 4 aliphatic rings. The van der Waals surface area contributed by atoms with Gasteiger partial charge < -0.3 is 10.6 Å². The summed E-state index contributed by atoms with van der Waals surface area (Å²) in [5.41, 5.74) is 12.2. The number of pyridine rings is 2. The largest absolute Gasteiger partial charge is 0.320 e. The molecule has 4 atom stereocenters. The number of amides is 2. The van der Waals surface area contributed by atoms with Gasteiger partial charge in [-0.05, 0) is 172 Å².